The summed E-state index contributed by atoms with van der Waals surface area (Å²) in [5.41, 5.74) is 0.970. The van der Waals surface area contributed by atoms with Crippen molar-refractivity contribution in [1.82, 2.24) is 15.3 Å². The second kappa shape index (κ2) is 6.61. The van der Waals surface area contributed by atoms with Crippen LogP contribution >= 0.6 is 11.3 Å². The van der Waals surface area contributed by atoms with Gasteiger partial charge in [0.2, 0.25) is 0 Å². The molecule has 132 valence electrons. The van der Waals surface area contributed by atoms with Crippen LogP contribution in [-0.2, 0) is 5.54 Å². The monoisotopic (exact) mass is 359 g/mol. The van der Waals surface area contributed by atoms with Gasteiger partial charge >= 0.3 is 0 Å². The van der Waals surface area contributed by atoms with Crippen molar-refractivity contribution in [3.05, 3.63) is 28.9 Å². The van der Waals surface area contributed by atoms with Crippen molar-refractivity contribution in [2.75, 3.05) is 23.8 Å². The number of nitrogens with one attached hydrogen (secondary N) is 3. The maximum Gasteiger partial charge on any atom is 0.262 e. The van der Waals surface area contributed by atoms with Crippen molar-refractivity contribution in [3.63, 3.8) is 0 Å². The van der Waals surface area contributed by atoms with Gasteiger partial charge in [-0.05, 0) is 18.9 Å². The van der Waals surface area contributed by atoms with E-state index < -0.39 is 0 Å². The van der Waals surface area contributed by atoms with Crippen LogP contribution in [0.15, 0.2) is 18.5 Å². The van der Waals surface area contributed by atoms with Gasteiger partial charge in [0, 0.05) is 18.2 Å². The zero-order valence-electron chi connectivity index (χ0n) is 13.8. The molecule has 1 spiro atoms. The van der Waals surface area contributed by atoms with Crippen LogP contribution < -0.4 is 16.0 Å². The number of fused-ring (bicyclic) bond motifs is 2. The average molecular weight is 359 g/mol. The smallest absolute Gasteiger partial charge is 0.262 e. The summed E-state index contributed by atoms with van der Waals surface area (Å²) in [6, 6.07) is 3.88. The molecule has 1 aliphatic heterocycles. The van der Waals surface area contributed by atoms with Gasteiger partial charge in [-0.15, -0.1) is 11.3 Å². The quantitative estimate of drug-likeness (QED) is 0.655. The lowest BCUT2D eigenvalue weighted by Crippen LogP contribution is -2.40. The van der Waals surface area contributed by atoms with Gasteiger partial charge in [-0.2, -0.15) is 0 Å². The number of aliphatic hydroxyl groups is 1. The van der Waals surface area contributed by atoms with Crippen molar-refractivity contribution in [2.45, 2.75) is 37.6 Å². The molecule has 4 rings (SSSR count). The number of carbonyl (C=O) groups is 1. The van der Waals surface area contributed by atoms with Crippen molar-refractivity contribution in [1.29, 1.82) is 0 Å². The highest BCUT2D eigenvalue weighted by Gasteiger charge is 2.44. The molecule has 3 heterocycles. The third kappa shape index (κ3) is 3.07. The summed E-state index contributed by atoms with van der Waals surface area (Å²) in [7, 11) is 0. The second-order valence-corrected chi connectivity index (χ2v) is 7.57. The molecule has 2 aromatic heterocycles. The number of hydrogen-bond donors (Lipinski definition) is 4. The fraction of sp³-hybridized carbons (Fsp3) is 0.471. The largest absolute Gasteiger partial charge is 0.395 e. The average Bonchev–Trinajstić information content (AvgIpc) is 3.14. The SMILES string of the molecule is O=C1NC2(CCCCC2)c2cc(Nc3cc(NCCO)ncn3)sc21. The summed E-state index contributed by atoms with van der Waals surface area (Å²) in [6.45, 7) is 0.480. The highest BCUT2D eigenvalue weighted by Crippen LogP contribution is 2.47. The minimum Gasteiger partial charge on any atom is -0.395 e. The van der Waals surface area contributed by atoms with E-state index in [-0.39, 0.29) is 18.1 Å². The lowest BCUT2D eigenvalue weighted by molar-refractivity contribution is 0.0912. The molecule has 2 aromatic rings. The summed E-state index contributed by atoms with van der Waals surface area (Å²) in [6.07, 6.45) is 7.06. The van der Waals surface area contributed by atoms with Crippen LogP contribution in [0.25, 0.3) is 0 Å². The summed E-state index contributed by atoms with van der Waals surface area (Å²) in [4.78, 5) is 21.6. The first-order valence-electron chi connectivity index (χ1n) is 8.61. The normalized spacial score (nSPS) is 18.0. The molecule has 25 heavy (non-hydrogen) atoms. The van der Waals surface area contributed by atoms with E-state index in [1.165, 1.54) is 24.1 Å². The first-order valence-corrected chi connectivity index (χ1v) is 9.42. The number of thiophene rings is 1. The highest BCUT2D eigenvalue weighted by molar-refractivity contribution is 7.18. The first-order chi connectivity index (χ1) is 12.2. The number of anilines is 3. The molecule has 0 radical (unpaired) electrons. The summed E-state index contributed by atoms with van der Waals surface area (Å²) < 4.78 is 0. The molecule has 0 bridgehead atoms. The zero-order chi connectivity index (χ0) is 17.3. The molecule has 8 heteroatoms. The third-order valence-corrected chi connectivity index (χ3v) is 5.90. The van der Waals surface area contributed by atoms with E-state index in [9.17, 15) is 4.79 Å². The van der Waals surface area contributed by atoms with E-state index in [1.807, 2.05) is 0 Å². The Morgan fingerprint density at radius 1 is 1.20 bits per heavy atom. The maximum absolute atomic E-state index is 12.4. The van der Waals surface area contributed by atoms with Crippen LogP contribution in [0.2, 0.25) is 0 Å². The van der Waals surface area contributed by atoms with E-state index in [4.69, 9.17) is 5.11 Å². The van der Waals surface area contributed by atoms with Crippen molar-refractivity contribution in [3.8, 4) is 0 Å². The molecular formula is C17H21N5O2S. The minimum absolute atomic E-state index is 0.0433. The summed E-state index contributed by atoms with van der Waals surface area (Å²) >= 11 is 1.47. The molecule has 0 atom stereocenters. The van der Waals surface area contributed by atoms with Crippen LogP contribution in [0.1, 0.15) is 47.3 Å². The Bertz CT molecular complexity index is 785. The van der Waals surface area contributed by atoms with E-state index in [2.05, 4.69) is 32.0 Å². The minimum atomic E-state index is -0.166. The second-order valence-electron chi connectivity index (χ2n) is 6.51. The molecule has 7 nitrogen and oxygen atoms in total. The van der Waals surface area contributed by atoms with Gasteiger partial charge in [0.05, 0.1) is 22.0 Å². The number of nitrogens with zero attached hydrogens (tertiary/aromatic N) is 2. The number of aromatic nitrogens is 2. The predicted molar refractivity (Wildman–Crippen MR) is 97.4 cm³/mol. The van der Waals surface area contributed by atoms with Gasteiger partial charge in [-0.25, -0.2) is 9.97 Å². The number of amides is 1. The van der Waals surface area contributed by atoms with E-state index in [1.54, 1.807) is 6.07 Å². The Morgan fingerprint density at radius 3 is 2.80 bits per heavy atom. The van der Waals surface area contributed by atoms with Crippen molar-refractivity contribution >= 4 is 33.9 Å². The molecule has 1 aliphatic carbocycles. The summed E-state index contributed by atoms with van der Waals surface area (Å²) in [5.74, 6) is 1.36. The molecule has 4 N–H and O–H groups in total. The van der Waals surface area contributed by atoms with Crippen LogP contribution in [0.3, 0.4) is 0 Å². The summed E-state index contributed by atoms with van der Waals surface area (Å²) in [5, 5.41) is 19.3. The number of hydrogen-bond acceptors (Lipinski definition) is 7. The van der Waals surface area contributed by atoms with Crippen LogP contribution in [0.5, 0.6) is 0 Å². The molecule has 0 unspecified atom stereocenters. The maximum atomic E-state index is 12.4. The Balaban J connectivity index is 1.56. The van der Waals surface area contributed by atoms with E-state index >= 15 is 0 Å². The fourth-order valence-corrected chi connectivity index (χ4v) is 4.76. The standard InChI is InChI=1S/C17H21N5O2S/c23-7-6-18-12-9-13(20-10-19-12)21-14-8-11-15(25-14)16(24)22-17(11)4-2-1-3-5-17/h8-10,23H,1-7H2,(H,22,24)(H2,18,19,20,21). The Kier molecular flexibility index (Phi) is 4.30. The molecule has 1 fully saturated rings. The van der Waals surface area contributed by atoms with Crippen LogP contribution in [-0.4, -0.2) is 34.1 Å². The Hall–Kier alpha value is -2.19. The lowest BCUT2D eigenvalue weighted by Gasteiger charge is -2.33. The molecule has 1 saturated carbocycles. The van der Waals surface area contributed by atoms with Crippen molar-refractivity contribution in [2.24, 2.45) is 0 Å². The van der Waals surface area contributed by atoms with E-state index in [0.717, 1.165) is 41.1 Å². The fourth-order valence-electron chi connectivity index (χ4n) is 3.70. The van der Waals surface area contributed by atoms with Crippen LogP contribution in [0, 0.1) is 0 Å². The third-order valence-electron chi connectivity index (χ3n) is 4.85. The van der Waals surface area contributed by atoms with Gasteiger partial charge in [0.15, 0.2) is 0 Å². The first kappa shape index (κ1) is 16.3. The molecule has 2 aliphatic rings. The molecule has 0 aromatic carbocycles. The zero-order valence-corrected chi connectivity index (χ0v) is 14.7. The number of carbonyl (C=O) groups excluding carboxylic acids is 1. The van der Waals surface area contributed by atoms with Gasteiger partial charge in [-0.3, -0.25) is 4.79 Å². The van der Waals surface area contributed by atoms with Gasteiger partial charge in [0.25, 0.3) is 5.91 Å². The Morgan fingerprint density at radius 2 is 2.00 bits per heavy atom. The van der Waals surface area contributed by atoms with Crippen molar-refractivity contribution < 1.29 is 9.90 Å². The predicted octanol–water partition coefficient (Wildman–Crippen LogP) is 2.59. The molecule has 1 amide bonds. The lowest BCUT2D eigenvalue weighted by atomic mass is 9.78. The molecular weight excluding hydrogens is 338 g/mol. The van der Waals surface area contributed by atoms with E-state index in [0.29, 0.717) is 18.2 Å². The number of aliphatic hydroxyl groups excluding tert-OH is 1. The van der Waals surface area contributed by atoms with Gasteiger partial charge in [-0.1, -0.05) is 19.3 Å². The Labute approximate surface area is 149 Å². The topological polar surface area (TPSA) is 99.2 Å². The molecule has 0 saturated heterocycles. The number of rotatable bonds is 5. The van der Waals surface area contributed by atoms with Gasteiger partial charge < -0.3 is 21.1 Å². The van der Waals surface area contributed by atoms with Gasteiger partial charge in [0.1, 0.15) is 18.0 Å². The van der Waals surface area contributed by atoms with Crippen LogP contribution in [0.4, 0.5) is 16.6 Å². The highest BCUT2D eigenvalue weighted by atomic mass is 32.1.